The molecule has 0 radical (unpaired) electrons. The molecule has 0 saturated carbocycles. The maximum atomic E-state index is 11.8. The van der Waals surface area contributed by atoms with E-state index in [1.54, 1.807) is 11.8 Å². The number of H-pyrrole nitrogens is 1. The first kappa shape index (κ1) is 11.5. The van der Waals surface area contributed by atoms with Crippen molar-refractivity contribution in [1.82, 2.24) is 9.97 Å². The van der Waals surface area contributed by atoms with Gasteiger partial charge in [-0.3, -0.25) is 4.79 Å². The predicted octanol–water partition coefficient (Wildman–Crippen LogP) is 1.77. The lowest BCUT2D eigenvalue weighted by Gasteiger charge is -2.16. The molecular weight excluding hydrogens is 222 g/mol. The normalized spacial score (nSPS) is 14.7. The van der Waals surface area contributed by atoms with E-state index < -0.39 is 0 Å². The Morgan fingerprint density at radius 1 is 1.50 bits per heavy atom. The fourth-order valence-corrected chi connectivity index (χ4v) is 2.34. The van der Waals surface area contributed by atoms with Gasteiger partial charge in [0.2, 0.25) is 0 Å². The summed E-state index contributed by atoms with van der Waals surface area (Å²) in [4.78, 5) is 19.1. The van der Waals surface area contributed by atoms with Crippen molar-refractivity contribution < 1.29 is 0 Å². The first-order valence-corrected chi connectivity index (χ1v) is 6.69. The maximum absolute atomic E-state index is 11.8. The van der Waals surface area contributed by atoms with Crippen molar-refractivity contribution in [2.24, 2.45) is 0 Å². The number of nitrogens with one attached hydrogen (secondary N) is 2. The second-order valence-electron chi connectivity index (χ2n) is 4.23. The Morgan fingerprint density at radius 3 is 3.06 bits per heavy atom. The number of aromatic nitrogens is 2. The fraction of sp³-hybridized carbons (Fsp3) is 0.636. The largest absolute Gasteiger partial charge is 0.370 e. The van der Waals surface area contributed by atoms with E-state index in [2.05, 4.69) is 29.1 Å². The smallest absolute Gasteiger partial charge is 0.256 e. The third kappa shape index (κ3) is 2.58. The van der Waals surface area contributed by atoms with E-state index in [0.717, 1.165) is 42.3 Å². The lowest BCUT2D eigenvalue weighted by molar-refractivity contribution is 0.788. The average molecular weight is 239 g/mol. The molecule has 5 heteroatoms. The predicted molar refractivity (Wildman–Crippen MR) is 68.1 cm³/mol. The molecule has 1 aromatic rings. The maximum Gasteiger partial charge on any atom is 0.256 e. The van der Waals surface area contributed by atoms with Crippen molar-refractivity contribution in [3.05, 3.63) is 21.7 Å². The van der Waals surface area contributed by atoms with Crippen molar-refractivity contribution in [3.8, 4) is 0 Å². The van der Waals surface area contributed by atoms with Crippen molar-refractivity contribution in [3.63, 3.8) is 0 Å². The molecule has 0 aromatic carbocycles. The minimum Gasteiger partial charge on any atom is -0.370 e. The monoisotopic (exact) mass is 239 g/mol. The summed E-state index contributed by atoms with van der Waals surface area (Å²) in [5.41, 5.74) is 0.834. The molecule has 0 fully saturated rings. The molecule has 0 atom stereocenters. The summed E-state index contributed by atoms with van der Waals surface area (Å²) in [5.74, 6) is 2.33. The van der Waals surface area contributed by atoms with Gasteiger partial charge in [0.15, 0.2) is 0 Å². The molecule has 0 saturated heterocycles. The van der Waals surface area contributed by atoms with Crippen LogP contribution in [0.1, 0.15) is 31.7 Å². The molecule has 1 aromatic heterocycles. The molecule has 1 aliphatic rings. The molecule has 88 valence electrons. The van der Waals surface area contributed by atoms with Crippen molar-refractivity contribution in [1.29, 1.82) is 0 Å². The van der Waals surface area contributed by atoms with Crippen LogP contribution < -0.4 is 10.9 Å². The quantitative estimate of drug-likeness (QED) is 0.844. The second kappa shape index (κ2) is 4.91. The van der Waals surface area contributed by atoms with Gasteiger partial charge < -0.3 is 10.3 Å². The third-order valence-corrected chi connectivity index (χ3v) is 3.62. The summed E-state index contributed by atoms with van der Waals surface area (Å²) in [6.45, 7) is 5.19. The van der Waals surface area contributed by atoms with E-state index in [9.17, 15) is 4.79 Å². The van der Waals surface area contributed by atoms with Crippen molar-refractivity contribution in [2.75, 3.05) is 11.9 Å². The molecular formula is C11H17N3OS. The number of nitrogens with zero attached hydrogens (tertiary/aromatic N) is 1. The number of fused-ring (bicyclic) bond motifs is 1. The topological polar surface area (TPSA) is 57.8 Å². The number of aromatic amines is 1. The SMILES string of the molecule is CC(C)SCc1nc2c(c(=O)[nH]1)CCCN2. The fourth-order valence-electron chi connectivity index (χ4n) is 1.71. The van der Waals surface area contributed by atoms with E-state index in [1.165, 1.54) is 0 Å². The summed E-state index contributed by atoms with van der Waals surface area (Å²) >= 11 is 1.78. The van der Waals surface area contributed by atoms with Crippen LogP contribution in [0.2, 0.25) is 0 Å². The average Bonchev–Trinajstić information content (AvgIpc) is 2.26. The molecule has 2 rings (SSSR count). The Balaban J connectivity index is 2.22. The zero-order chi connectivity index (χ0) is 11.5. The van der Waals surface area contributed by atoms with Gasteiger partial charge in [-0.15, -0.1) is 0 Å². The van der Waals surface area contributed by atoms with Crippen molar-refractivity contribution in [2.45, 2.75) is 37.7 Å². The summed E-state index contributed by atoms with van der Waals surface area (Å²) in [6.07, 6.45) is 1.85. The summed E-state index contributed by atoms with van der Waals surface area (Å²) in [7, 11) is 0. The number of thioether (sulfide) groups is 1. The van der Waals surface area contributed by atoms with Gasteiger partial charge in [-0.05, 0) is 18.1 Å². The highest BCUT2D eigenvalue weighted by Crippen LogP contribution is 2.18. The lowest BCUT2D eigenvalue weighted by Crippen LogP contribution is -2.24. The zero-order valence-electron chi connectivity index (χ0n) is 9.67. The third-order valence-electron chi connectivity index (χ3n) is 2.51. The van der Waals surface area contributed by atoms with Gasteiger partial charge in [-0.1, -0.05) is 13.8 Å². The van der Waals surface area contributed by atoms with Crippen LogP contribution >= 0.6 is 11.8 Å². The first-order valence-electron chi connectivity index (χ1n) is 5.64. The molecule has 0 unspecified atom stereocenters. The van der Waals surface area contributed by atoms with E-state index in [4.69, 9.17) is 0 Å². The van der Waals surface area contributed by atoms with Crippen LogP contribution in [0.3, 0.4) is 0 Å². The Bertz CT molecular complexity index is 428. The van der Waals surface area contributed by atoms with Crippen LogP contribution in [-0.2, 0) is 12.2 Å². The molecule has 16 heavy (non-hydrogen) atoms. The van der Waals surface area contributed by atoms with Gasteiger partial charge in [-0.2, -0.15) is 11.8 Å². The molecule has 1 aliphatic heterocycles. The minimum atomic E-state index is 0.0246. The van der Waals surface area contributed by atoms with Crippen LogP contribution in [-0.4, -0.2) is 21.8 Å². The molecule has 0 spiro atoms. The number of hydrogen-bond acceptors (Lipinski definition) is 4. The van der Waals surface area contributed by atoms with Gasteiger partial charge in [0.1, 0.15) is 11.6 Å². The highest BCUT2D eigenvalue weighted by molar-refractivity contribution is 7.99. The number of hydrogen-bond donors (Lipinski definition) is 2. The second-order valence-corrected chi connectivity index (χ2v) is 5.79. The van der Waals surface area contributed by atoms with Gasteiger partial charge in [-0.25, -0.2) is 4.98 Å². The molecule has 2 heterocycles. The highest BCUT2D eigenvalue weighted by atomic mass is 32.2. The molecule has 0 amide bonds. The van der Waals surface area contributed by atoms with E-state index >= 15 is 0 Å². The highest BCUT2D eigenvalue weighted by Gasteiger charge is 2.14. The molecule has 2 N–H and O–H groups in total. The number of anilines is 1. The lowest BCUT2D eigenvalue weighted by atomic mass is 10.1. The summed E-state index contributed by atoms with van der Waals surface area (Å²) in [5, 5.41) is 3.74. The van der Waals surface area contributed by atoms with Crippen LogP contribution in [0.4, 0.5) is 5.82 Å². The van der Waals surface area contributed by atoms with Crippen LogP contribution in [0.5, 0.6) is 0 Å². The van der Waals surface area contributed by atoms with Crippen LogP contribution in [0, 0.1) is 0 Å². The molecule has 0 bridgehead atoms. The van der Waals surface area contributed by atoms with Crippen LogP contribution in [0.15, 0.2) is 4.79 Å². The van der Waals surface area contributed by atoms with Gasteiger partial charge in [0, 0.05) is 6.54 Å². The Kier molecular flexibility index (Phi) is 3.53. The first-order chi connectivity index (χ1) is 7.66. The Hall–Kier alpha value is -0.970. The summed E-state index contributed by atoms with van der Waals surface area (Å²) in [6, 6.07) is 0. The van der Waals surface area contributed by atoms with E-state index in [1.807, 2.05) is 0 Å². The minimum absolute atomic E-state index is 0.0246. The van der Waals surface area contributed by atoms with Gasteiger partial charge >= 0.3 is 0 Å². The molecule has 4 nitrogen and oxygen atoms in total. The Labute approximate surface area is 99.3 Å². The number of rotatable bonds is 3. The summed E-state index contributed by atoms with van der Waals surface area (Å²) < 4.78 is 0. The standard InChI is InChI=1S/C11H17N3OS/c1-7(2)16-6-9-13-10-8(11(15)14-9)4-3-5-12-10/h7H,3-6H2,1-2H3,(H2,12,13,14,15). The van der Waals surface area contributed by atoms with E-state index in [-0.39, 0.29) is 5.56 Å². The van der Waals surface area contributed by atoms with Gasteiger partial charge in [0.05, 0.1) is 11.3 Å². The zero-order valence-corrected chi connectivity index (χ0v) is 10.5. The Morgan fingerprint density at radius 2 is 2.31 bits per heavy atom. The van der Waals surface area contributed by atoms with Gasteiger partial charge in [0.25, 0.3) is 5.56 Å². The van der Waals surface area contributed by atoms with Crippen molar-refractivity contribution >= 4 is 17.6 Å². The van der Waals surface area contributed by atoms with E-state index in [0.29, 0.717) is 5.25 Å². The molecule has 0 aliphatic carbocycles. The van der Waals surface area contributed by atoms with Crippen LogP contribution in [0.25, 0.3) is 0 Å².